The van der Waals surface area contributed by atoms with Gasteiger partial charge in [-0.1, -0.05) is 18.2 Å². The summed E-state index contributed by atoms with van der Waals surface area (Å²) in [5.41, 5.74) is 6.40. The van der Waals surface area contributed by atoms with Crippen LogP contribution in [0.2, 0.25) is 0 Å². The molecule has 3 atom stereocenters. The Bertz CT molecular complexity index is 394. The average Bonchev–Trinajstić information content (AvgIpc) is 2.40. The predicted molar refractivity (Wildman–Crippen MR) is 68.9 cm³/mol. The van der Waals surface area contributed by atoms with Crippen LogP contribution in [0, 0.1) is 5.92 Å². The summed E-state index contributed by atoms with van der Waals surface area (Å²) in [4.78, 5) is 2.44. The Morgan fingerprint density at radius 2 is 2.06 bits per heavy atom. The van der Waals surface area contributed by atoms with Crippen LogP contribution in [-0.2, 0) is 0 Å². The molecule has 1 saturated carbocycles. The minimum atomic E-state index is -0.617. The molecular formula is C14H20N2O. The maximum Gasteiger partial charge on any atom is 0.0833 e. The molecule has 3 N–H and O–H groups in total. The number of hydrogen-bond donors (Lipinski definition) is 2. The summed E-state index contributed by atoms with van der Waals surface area (Å²) < 4.78 is 0. The van der Waals surface area contributed by atoms with Crippen LogP contribution in [0.5, 0.6) is 0 Å². The molecule has 17 heavy (non-hydrogen) atoms. The average molecular weight is 232 g/mol. The summed E-state index contributed by atoms with van der Waals surface area (Å²) in [5, 5.41) is 10.5. The second-order valence-corrected chi connectivity index (χ2v) is 5.43. The van der Waals surface area contributed by atoms with Gasteiger partial charge in [0.1, 0.15) is 0 Å². The van der Waals surface area contributed by atoms with Crippen molar-refractivity contribution >= 4 is 5.69 Å². The van der Waals surface area contributed by atoms with Gasteiger partial charge >= 0.3 is 0 Å². The van der Waals surface area contributed by atoms with E-state index < -0.39 is 5.60 Å². The van der Waals surface area contributed by atoms with Crippen molar-refractivity contribution in [1.82, 2.24) is 0 Å². The zero-order valence-corrected chi connectivity index (χ0v) is 10.0. The van der Waals surface area contributed by atoms with Gasteiger partial charge in [0.15, 0.2) is 0 Å². The fourth-order valence-electron chi connectivity index (χ4n) is 3.44. The number of piperidine rings is 2. The van der Waals surface area contributed by atoms with E-state index in [-0.39, 0.29) is 0 Å². The third-order valence-corrected chi connectivity index (χ3v) is 4.50. The molecular weight excluding hydrogens is 212 g/mol. The first kappa shape index (κ1) is 11.1. The predicted octanol–water partition coefficient (Wildman–Crippen LogP) is 1.37. The number of hydrogen-bond acceptors (Lipinski definition) is 3. The second kappa shape index (κ2) is 4.00. The smallest absolute Gasteiger partial charge is 0.0833 e. The highest BCUT2D eigenvalue weighted by atomic mass is 16.3. The van der Waals surface area contributed by atoms with Gasteiger partial charge in [-0.3, -0.25) is 0 Å². The first-order valence-electron chi connectivity index (χ1n) is 6.47. The molecule has 3 nitrogen and oxygen atoms in total. The van der Waals surface area contributed by atoms with Crippen LogP contribution in [0.25, 0.3) is 0 Å². The number of nitrogens with two attached hydrogens (primary N) is 1. The summed E-state index contributed by atoms with van der Waals surface area (Å²) in [6.07, 6.45) is 3.12. The van der Waals surface area contributed by atoms with Gasteiger partial charge in [0.25, 0.3) is 0 Å². The Balaban J connectivity index is 1.85. The quantitative estimate of drug-likeness (QED) is 0.809. The molecule has 0 aromatic heterocycles. The van der Waals surface area contributed by atoms with Gasteiger partial charge in [-0.25, -0.2) is 0 Å². The highest BCUT2D eigenvalue weighted by Crippen LogP contribution is 2.43. The van der Waals surface area contributed by atoms with Crippen LogP contribution < -0.4 is 10.6 Å². The number of nitrogens with zero attached hydrogens (tertiary/aromatic N) is 1. The highest BCUT2D eigenvalue weighted by Gasteiger charge is 2.48. The van der Waals surface area contributed by atoms with Crippen molar-refractivity contribution in [2.24, 2.45) is 11.7 Å². The van der Waals surface area contributed by atoms with Crippen molar-refractivity contribution in [3.63, 3.8) is 0 Å². The molecule has 2 saturated heterocycles. The van der Waals surface area contributed by atoms with Gasteiger partial charge in [0.2, 0.25) is 0 Å². The van der Waals surface area contributed by atoms with E-state index in [2.05, 4.69) is 29.2 Å². The molecule has 3 heteroatoms. The second-order valence-electron chi connectivity index (χ2n) is 5.43. The third-order valence-electron chi connectivity index (χ3n) is 4.50. The highest BCUT2D eigenvalue weighted by molar-refractivity contribution is 5.48. The van der Waals surface area contributed by atoms with Crippen LogP contribution in [0.1, 0.15) is 19.3 Å². The van der Waals surface area contributed by atoms with Gasteiger partial charge in [-0.05, 0) is 31.4 Å². The van der Waals surface area contributed by atoms with Crippen molar-refractivity contribution in [2.45, 2.75) is 30.9 Å². The van der Waals surface area contributed by atoms with Crippen LogP contribution >= 0.6 is 0 Å². The molecule has 2 aliphatic heterocycles. The van der Waals surface area contributed by atoms with E-state index in [1.54, 1.807) is 0 Å². The Morgan fingerprint density at radius 1 is 1.29 bits per heavy atom. The topological polar surface area (TPSA) is 49.5 Å². The lowest BCUT2D eigenvalue weighted by Gasteiger charge is -2.54. The van der Waals surface area contributed by atoms with E-state index >= 15 is 0 Å². The summed E-state index contributed by atoms with van der Waals surface area (Å²) in [6.45, 7) is 1.35. The van der Waals surface area contributed by atoms with Crippen molar-refractivity contribution in [3.05, 3.63) is 30.3 Å². The first-order chi connectivity index (χ1) is 8.23. The maximum atomic E-state index is 10.5. The van der Waals surface area contributed by atoms with E-state index in [0.29, 0.717) is 18.5 Å². The van der Waals surface area contributed by atoms with E-state index in [0.717, 1.165) is 19.4 Å². The lowest BCUT2D eigenvalue weighted by Crippen LogP contribution is -2.63. The number of rotatable bonds is 2. The number of fused-ring (bicyclic) bond motifs is 3. The molecule has 3 unspecified atom stereocenters. The molecule has 2 heterocycles. The largest absolute Gasteiger partial charge is 0.388 e. The third kappa shape index (κ3) is 1.74. The van der Waals surface area contributed by atoms with Gasteiger partial charge in [-0.15, -0.1) is 0 Å². The maximum absolute atomic E-state index is 10.5. The van der Waals surface area contributed by atoms with Gasteiger partial charge in [0, 0.05) is 30.7 Å². The zero-order valence-electron chi connectivity index (χ0n) is 10.0. The normalized spacial score (nSPS) is 36.2. The minimum absolute atomic E-state index is 0.331. The zero-order chi connectivity index (χ0) is 11.9. The molecule has 0 amide bonds. The molecule has 1 aliphatic carbocycles. The summed E-state index contributed by atoms with van der Waals surface area (Å²) in [6, 6.07) is 11.0. The van der Waals surface area contributed by atoms with Crippen molar-refractivity contribution in [2.75, 3.05) is 18.0 Å². The Morgan fingerprint density at radius 3 is 2.65 bits per heavy atom. The first-order valence-corrected chi connectivity index (χ1v) is 6.47. The molecule has 4 rings (SSSR count). The number of anilines is 1. The van der Waals surface area contributed by atoms with Crippen LogP contribution in [0.3, 0.4) is 0 Å². The Hall–Kier alpha value is -1.06. The number of para-hydroxylation sites is 1. The van der Waals surface area contributed by atoms with E-state index in [4.69, 9.17) is 5.73 Å². The molecule has 92 valence electrons. The van der Waals surface area contributed by atoms with Gasteiger partial charge < -0.3 is 15.7 Å². The monoisotopic (exact) mass is 232 g/mol. The van der Waals surface area contributed by atoms with E-state index in [9.17, 15) is 5.11 Å². The summed E-state index contributed by atoms with van der Waals surface area (Å²) in [5.74, 6) is 0.331. The fourth-order valence-corrected chi connectivity index (χ4v) is 3.44. The van der Waals surface area contributed by atoms with Crippen LogP contribution in [-0.4, -0.2) is 29.8 Å². The molecule has 1 aromatic carbocycles. The van der Waals surface area contributed by atoms with Crippen LogP contribution in [0.4, 0.5) is 5.69 Å². The molecule has 2 bridgehead atoms. The molecule has 0 spiro atoms. The molecule has 0 radical (unpaired) electrons. The molecule has 3 aliphatic rings. The number of benzene rings is 1. The lowest BCUT2D eigenvalue weighted by molar-refractivity contribution is -0.0632. The Kier molecular flexibility index (Phi) is 2.60. The van der Waals surface area contributed by atoms with Crippen molar-refractivity contribution in [1.29, 1.82) is 0 Å². The molecule has 1 aromatic rings. The van der Waals surface area contributed by atoms with E-state index in [1.807, 2.05) is 6.07 Å². The fraction of sp³-hybridized carbons (Fsp3) is 0.571. The van der Waals surface area contributed by atoms with Crippen molar-refractivity contribution in [3.8, 4) is 0 Å². The van der Waals surface area contributed by atoms with Gasteiger partial charge in [-0.2, -0.15) is 0 Å². The standard InChI is InChI=1S/C14H20N2O/c15-10-14(17)8-13-7-6-11(14)9-16(13)12-4-2-1-3-5-12/h1-5,11,13,17H,6-10,15H2. The summed E-state index contributed by atoms with van der Waals surface area (Å²) in [7, 11) is 0. The van der Waals surface area contributed by atoms with Crippen molar-refractivity contribution < 1.29 is 5.11 Å². The van der Waals surface area contributed by atoms with E-state index in [1.165, 1.54) is 12.1 Å². The SMILES string of the molecule is NCC1(O)CC2CCC1CN2c1ccccc1. The Labute approximate surface area is 102 Å². The van der Waals surface area contributed by atoms with Crippen LogP contribution in [0.15, 0.2) is 30.3 Å². The number of aliphatic hydroxyl groups is 1. The minimum Gasteiger partial charge on any atom is -0.388 e. The molecule has 3 fully saturated rings. The van der Waals surface area contributed by atoms with Gasteiger partial charge in [0.05, 0.1) is 5.60 Å². The summed E-state index contributed by atoms with van der Waals surface area (Å²) >= 11 is 0. The lowest BCUT2D eigenvalue weighted by atomic mass is 9.68.